The van der Waals surface area contributed by atoms with Gasteiger partial charge in [0.1, 0.15) is 5.75 Å². The zero-order valence-corrected chi connectivity index (χ0v) is 10.1. The summed E-state index contributed by atoms with van der Waals surface area (Å²) in [4.78, 5) is 7.35. The quantitative estimate of drug-likeness (QED) is 0.691. The minimum atomic E-state index is 0.415. The first-order valence-corrected chi connectivity index (χ1v) is 5.77. The molecule has 0 aliphatic rings. The van der Waals surface area contributed by atoms with Gasteiger partial charge in [-0.3, -0.25) is 0 Å². The van der Waals surface area contributed by atoms with Crippen LogP contribution in [0.15, 0.2) is 42.5 Å². The summed E-state index contributed by atoms with van der Waals surface area (Å²) < 4.78 is 5.59. The number of benzene rings is 2. The number of hydrogen-bond donors (Lipinski definition) is 2. The van der Waals surface area contributed by atoms with Crippen molar-refractivity contribution in [1.29, 1.82) is 0 Å². The average molecular weight is 260 g/mol. The maximum atomic E-state index is 5.88. The smallest absolute Gasteiger partial charge is 0.300 e. The Hall–Kier alpha value is -2.20. The predicted octanol–water partition coefficient (Wildman–Crippen LogP) is 3.59. The molecule has 0 aliphatic heterocycles. The van der Waals surface area contributed by atoms with Crippen LogP contribution in [0.4, 0.5) is 5.69 Å². The van der Waals surface area contributed by atoms with E-state index in [1.165, 1.54) is 0 Å². The fourth-order valence-electron chi connectivity index (χ4n) is 1.69. The first kappa shape index (κ1) is 10.9. The van der Waals surface area contributed by atoms with Crippen molar-refractivity contribution in [2.75, 3.05) is 5.73 Å². The first-order chi connectivity index (χ1) is 8.70. The second kappa shape index (κ2) is 4.23. The number of imidazole rings is 1. The fraction of sp³-hybridized carbons (Fsp3) is 0. The molecule has 3 N–H and O–H groups in total. The van der Waals surface area contributed by atoms with Crippen molar-refractivity contribution in [2.24, 2.45) is 0 Å². The third-order valence-electron chi connectivity index (χ3n) is 2.49. The minimum Gasteiger partial charge on any atom is -0.426 e. The Balaban J connectivity index is 1.95. The Bertz CT molecular complexity index is 708. The average Bonchev–Trinajstić information content (AvgIpc) is 2.70. The van der Waals surface area contributed by atoms with E-state index in [1.807, 2.05) is 24.3 Å². The zero-order valence-electron chi connectivity index (χ0n) is 9.35. The molecule has 4 nitrogen and oxygen atoms in total. The van der Waals surface area contributed by atoms with Crippen LogP contribution in [-0.4, -0.2) is 9.97 Å². The number of nitrogens with zero attached hydrogens (tertiary/aromatic N) is 1. The molecule has 0 atom stereocenters. The van der Waals surface area contributed by atoms with Crippen molar-refractivity contribution >= 4 is 28.3 Å². The van der Waals surface area contributed by atoms with Gasteiger partial charge in [-0.2, -0.15) is 4.98 Å². The Morgan fingerprint density at radius 1 is 1.17 bits per heavy atom. The summed E-state index contributed by atoms with van der Waals surface area (Å²) in [5.74, 6) is 0.634. The van der Waals surface area contributed by atoms with Crippen molar-refractivity contribution < 1.29 is 4.74 Å². The van der Waals surface area contributed by atoms with Gasteiger partial charge in [-0.25, -0.2) is 0 Å². The number of H-pyrrole nitrogens is 1. The molecule has 0 aliphatic carbocycles. The number of anilines is 1. The monoisotopic (exact) mass is 259 g/mol. The van der Waals surface area contributed by atoms with E-state index in [-0.39, 0.29) is 0 Å². The molecular formula is C13H10ClN3O. The third kappa shape index (κ3) is 2.10. The van der Waals surface area contributed by atoms with Crippen molar-refractivity contribution in [1.82, 2.24) is 9.97 Å². The van der Waals surface area contributed by atoms with Crippen LogP contribution in [0.1, 0.15) is 0 Å². The molecule has 0 unspecified atom stereocenters. The van der Waals surface area contributed by atoms with E-state index >= 15 is 0 Å². The van der Waals surface area contributed by atoms with Crippen molar-refractivity contribution in [3.8, 4) is 11.8 Å². The largest absolute Gasteiger partial charge is 0.426 e. The van der Waals surface area contributed by atoms with Crippen LogP contribution >= 0.6 is 11.6 Å². The summed E-state index contributed by atoms with van der Waals surface area (Å²) in [5.41, 5.74) is 8.03. The summed E-state index contributed by atoms with van der Waals surface area (Å²) in [7, 11) is 0. The topological polar surface area (TPSA) is 63.9 Å². The lowest BCUT2D eigenvalue weighted by molar-refractivity contribution is 0.449. The van der Waals surface area contributed by atoms with E-state index < -0.39 is 0 Å². The maximum Gasteiger partial charge on any atom is 0.300 e. The van der Waals surface area contributed by atoms with Crippen LogP contribution in [0.5, 0.6) is 11.8 Å². The molecule has 0 saturated heterocycles. The standard InChI is InChI=1S/C13H10ClN3O/c14-8-2-1-3-10(6-8)18-13-16-11-5-4-9(15)7-12(11)17-13/h1-7H,15H2,(H,16,17). The number of nitrogen functional groups attached to an aromatic ring is 1. The van der Waals surface area contributed by atoms with Gasteiger partial charge in [-0.05, 0) is 36.4 Å². The summed E-state index contributed by atoms with van der Waals surface area (Å²) in [6.45, 7) is 0. The lowest BCUT2D eigenvalue weighted by Crippen LogP contribution is -1.85. The zero-order chi connectivity index (χ0) is 12.5. The molecule has 0 amide bonds. The molecule has 5 heteroatoms. The molecule has 1 aromatic heterocycles. The summed E-state index contributed by atoms with van der Waals surface area (Å²) in [6.07, 6.45) is 0. The van der Waals surface area contributed by atoms with E-state index in [1.54, 1.807) is 18.2 Å². The van der Waals surface area contributed by atoms with Gasteiger partial charge >= 0.3 is 0 Å². The van der Waals surface area contributed by atoms with E-state index in [4.69, 9.17) is 22.1 Å². The second-order valence-electron chi connectivity index (χ2n) is 3.88. The molecule has 18 heavy (non-hydrogen) atoms. The predicted molar refractivity (Wildman–Crippen MR) is 72.0 cm³/mol. The number of halogens is 1. The molecule has 0 bridgehead atoms. The lowest BCUT2D eigenvalue weighted by Gasteiger charge is -2.00. The van der Waals surface area contributed by atoms with Crippen LogP contribution in [0, 0.1) is 0 Å². The molecule has 0 saturated carbocycles. The summed E-state index contributed by atoms with van der Waals surface area (Å²) in [6, 6.07) is 13.0. The molecule has 1 heterocycles. The SMILES string of the molecule is Nc1ccc2nc(Oc3cccc(Cl)c3)[nH]c2c1. The number of aromatic amines is 1. The molecule has 3 rings (SSSR count). The van der Waals surface area contributed by atoms with Gasteiger partial charge in [-0.1, -0.05) is 17.7 Å². The molecule has 0 fully saturated rings. The van der Waals surface area contributed by atoms with Crippen molar-refractivity contribution in [3.63, 3.8) is 0 Å². The summed E-state index contributed by atoms with van der Waals surface area (Å²) in [5, 5.41) is 0.618. The van der Waals surface area contributed by atoms with Crippen LogP contribution in [0.3, 0.4) is 0 Å². The highest BCUT2D eigenvalue weighted by Gasteiger charge is 2.05. The molecular weight excluding hydrogens is 250 g/mol. The Labute approximate surface area is 108 Å². The van der Waals surface area contributed by atoms with Gasteiger partial charge in [-0.15, -0.1) is 0 Å². The highest BCUT2D eigenvalue weighted by molar-refractivity contribution is 6.30. The van der Waals surface area contributed by atoms with Gasteiger partial charge < -0.3 is 15.5 Å². The molecule has 0 spiro atoms. The first-order valence-electron chi connectivity index (χ1n) is 5.39. The van der Waals surface area contributed by atoms with Gasteiger partial charge in [0.2, 0.25) is 0 Å². The number of rotatable bonds is 2. The van der Waals surface area contributed by atoms with Crippen molar-refractivity contribution in [2.45, 2.75) is 0 Å². The Morgan fingerprint density at radius 2 is 2.06 bits per heavy atom. The fourth-order valence-corrected chi connectivity index (χ4v) is 1.87. The van der Waals surface area contributed by atoms with Crippen LogP contribution in [0.2, 0.25) is 5.02 Å². The van der Waals surface area contributed by atoms with Crippen LogP contribution < -0.4 is 10.5 Å². The third-order valence-corrected chi connectivity index (χ3v) is 2.73. The number of fused-ring (bicyclic) bond motifs is 1. The number of nitrogens with one attached hydrogen (secondary N) is 1. The second-order valence-corrected chi connectivity index (χ2v) is 4.31. The van der Waals surface area contributed by atoms with E-state index in [0.717, 1.165) is 11.0 Å². The van der Waals surface area contributed by atoms with E-state index in [0.29, 0.717) is 22.5 Å². The van der Waals surface area contributed by atoms with E-state index in [2.05, 4.69) is 9.97 Å². The minimum absolute atomic E-state index is 0.415. The van der Waals surface area contributed by atoms with Crippen LogP contribution in [0.25, 0.3) is 11.0 Å². The Kier molecular flexibility index (Phi) is 2.57. The van der Waals surface area contributed by atoms with Gasteiger partial charge in [0.05, 0.1) is 11.0 Å². The highest BCUT2D eigenvalue weighted by Crippen LogP contribution is 2.24. The van der Waals surface area contributed by atoms with Gasteiger partial charge in [0.15, 0.2) is 0 Å². The van der Waals surface area contributed by atoms with Crippen molar-refractivity contribution in [3.05, 3.63) is 47.5 Å². The molecule has 0 radical (unpaired) electrons. The number of nitrogens with two attached hydrogens (primary N) is 1. The molecule has 2 aromatic carbocycles. The normalized spacial score (nSPS) is 10.7. The van der Waals surface area contributed by atoms with Crippen LogP contribution in [-0.2, 0) is 0 Å². The highest BCUT2D eigenvalue weighted by atomic mass is 35.5. The Morgan fingerprint density at radius 3 is 2.89 bits per heavy atom. The molecule has 3 aromatic rings. The lowest BCUT2D eigenvalue weighted by atomic mass is 10.3. The van der Waals surface area contributed by atoms with E-state index in [9.17, 15) is 0 Å². The number of hydrogen-bond acceptors (Lipinski definition) is 3. The maximum absolute atomic E-state index is 5.88. The van der Waals surface area contributed by atoms with Gasteiger partial charge in [0.25, 0.3) is 6.01 Å². The number of aromatic nitrogens is 2. The molecule has 90 valence electrons. The van der Waals surface area contributed by atoms with Gasteiger partial charge in [0, 0.05) is 10.7 Å². The number of ether oxygens (including phenoxy) is 1. The summed E-state index contributed by atoms with van der Waals surface area (Å²) >= 11 is 5.88.